The monoisotopic (exact) mass is 453 g/mol. The van der Waals surface area contributed by atoms with E-state index in [-0.39, 0.29) is 0 Å². The number of piperidine rings is 1. The van der Waals surface area contributed by atoms with E-state index in [2.05, 4.69) is 39.6 Å². The van der Waals surface area contributed by atoms with Crippen LogP contribution in [0.15, 0.2) is 42.0 Å². The molecule has 0 atom stereocenters. The van der Waals surface area contributed by atoms with Crippen LogP contribution in [-0.4, -0.2) is 45.4 Å². The third-order valence-electron chi connectivity index (χ3n) is 5.90. The van der Waals surface area contributed by atoms with Crippen molar-refractivity contribution in [3.8, 4) is 28.4 Å². The molecule has 1 fully saturated rings. The summed E-state index contributed by atoms with van der Waals surface area (Å²) in [6.07, 6.45) is 6.15. The van der Waals surface area contributed by atoms with Gasteiger partial charge in [0.2, 0.25) is 5.75 Å². The minimum atomic E-state index is 0.527. The van der Waals surface area contributed by atoms with Crippen molar-refractivity contribution in [2.24, 2.45) is 0 Å². The molecule has 1 saturated heterocycles. The van der Waals surface area contributed by atoms with Gasteiger partial charge in [-0.05, 0) is 79.2 Å². The molecule has 170 valence electrons. The van der Waals surface area contributed by atoms with E-state index in [1.54, 1.807) is 21.3 Å². The third-order valence-corrected chi connectivity index (χ3v) is 6.98. The highest BCUT2D eigenvalue weighted by Gasteiger charge is 2.23. The maximum atomic E-state index is 5.54. The fourth-order valence-corrected chi connectivity index (χ4v) is 5.23. The van der Waals surface area contributed by atoms with Crippen LogP contribution in [0.3, 0.4) is 0 Å². The molecule has 7 heteroatoms. The zero-order chi connectivity index (χ0) is 22.5. The standard InChI is InChI=1S/C25H31N3O3S/c1-17-9-24(32-16-17)28(21-5-7-26-8-6-21)15-18-10-20(14-27-13-18)19-11-22(29-2)25(31-4)23(12-19)30-3/h9-14,16,21,26H,5-8,15H2,1-4H3. The Bertz CT molecular complexity index is 1020. The Morgan fingerprint density at radius 2 is 1.69 bits per heavy atom. The molecule has 0 bridgehead atoms. The molecule has 0 radical (unpaired) electrons. The first-order valence-corrected chi connectivity index (χ1v) is 11.8. The van der Waals surface area contributed by atoms with Crippen molar-refractivity contribution in [2.45, 2.75) is 32.4 Å². The third kappa shape index (κ3) is 4.84. The van der Waals surface area contributed by atoms with Crippen LogP contribution in [0.4, 0.5) is 5.00 Å². The lowest BCUT2D eigenvalue weighted by molar-refractivity contribution is 0.324. The number of hydrogen-bond donors (Lipinski definition) is 1. The van der Waals surface area contributed by atoms with Crippen LogP contribution in [0.2, 0.25) is 0 Å². The van der Waals surface area contributed by atoms with E-state index in [1.165, 1.54) is 16.1 Å². The molecule has 1 aliphatic rings. The topological polar surface area (TPSA) is 55.9 Å². The van der Waals surface area contributed by atoms with Crippen LogP contribution in [0.5, 0.6) is 17.2 Å². The lowest BCUT2D eigenvalue weighted by Crippen LogP contribution is -2.42. The van der Waals surface area contributed by atoms with E-state index in [0.29, 0.717) is 23.3 Å². The first-order valence-electron chi connectivity index (χ1n) is 10.9. The summed E-state index contributed by atoms with van der Waals surface area (Å²) in [5, 5.41) is 7.04. The number of thiophene rings is 1. The van der Waals surface area contributed by atoms with Crippen LogP contribution in [0.1, 0.15) is 24.0 Å². The molecular formula is C25H31N3O3S. The van der Waals surface area contributed by atoms with Crippen LogP contribution in [0, 0.1) is 6.92 Å². The number of pyridine rings is 1. The fourth-order valence-electron chi connectivity index (χ4n) is 4.25. The molecule has 0 spiro atoms. The van der Waals surface area contributed by atoms with Crippen molar-refractivity contribution in [1.82, 2.24) is 10.3 Å². The average molecular weight is 454 g/mol. The second-order valence-corrected chi connectivity index (χ2v) is 8.96. The zero-order valence-electron chi connectivity index (χ0n) is 19.2. The predicted octanol–water partition coefficient (Wildman–Crippen LogP) is 4.90. The van der Waals surface area contributed by atoms with E-state index in [9.17, 15) is 0 Å². The Kier molecular flexibility index (Phi) is 7.17. The highest BCUT2D eigenvalue weighted by Crippen LogP contribution is 2.41. The summed E-state index contributed by atoms with van der Waals surface area (Å²) in [4.78, 5) is 7.11. The summed E-state index contributed by atoms with van der Waals surface area (Å²) >= 11 is 1.82. The smallest absolute Gasteiger partial charge is 0.203 e. The molecule has 1 aliphatic heterocycles. The zero-order valence-corrected chi connectivity index (χ0v) is 20.0. The summed E-state index contributed by atoms with van der Waals surface area (Å²) in [6.45, 7) is 5.12. The molecule has 0 unspecified atom stereocenters. The van der Waals surface area contributed by atoms with Gasteiger partial charge in [-0.3, -0.25) is 4.98 Å². The van der Waals surface area contributed by atoms with Gasteiger partial charge in [0.25, 0.3) is 0 Å². The minimum absolute atomic E-state index is 0.527. The first-order chi connectivity index (χ1) is 15.6. The highest BCUT2D eigenvalue weighted by molar-refractivity contribution is 7.14. The molecule has 1 aromatic carbocycles. The lowest BCUT2D eigenvalue weighted by Gasteiger charge is -2.35. The fraction of sp³-hybridized carbons (Fsp3) is 0.400. The molecule has 2 aromatic heterocycles. The van der Waals surface area contributed by atoms with E-state index in [1.807, 2.05) is 35.9 Å². The number of aryl methyl sites for hydroxylation is 1. The lowest BCUT2D eigenvalue weighted by atomic mass is 10.0. The SMILES string of the molecule is COc1cc(-c2cncc(CN(c3cc(C)cs3)C3CCNCC3)c2)cc(OC)c1OC. The van der Waals surface area contributed by atoms with Gasteiger partial charge in [0, 0.05) is 30.5 Å². The summed E-state index contributed by atoms with van der Waals surface area (Å²) in [5.41, 5.74) is 4.50. The van der Waals surface area contributed by atoms with Gasteiger partial charge in [0.1, 0.15) is 0 Å². The number of nitrogens with one attached hydrogen (secondary N) is 1. The Balaban J connectivity index is 1.66. The first kappa shape index (κ1) is 22.4. The van der Waals surface area contributed by atoms with Crippen LogP contribution < -0.4 is 24.4 Å². The van der Waals surface area contributed by atoms with E-state index < -0.39 is 0 Å². The van der Waals surface area contributed by atoms with Gasteiger partial charge < -0.3 is 24.4 Å². The number of rotatable bonds is 8. The van der Waals surface area contributed by atoms with E-state index in [4.69, 9.17) is 14.2 Å². The second-order valence-electron chi connectivity index (χ2n) is 8.07. The van der Waals surface area contributed by atoms with Gasteiger partial charge in [-0.25, -0.2) is 0 Å². The van der Waals surface area contributed by atoms with Gasteiger partial charge in [0.05, 0.1) is 26.3 Å². The molecule has 3 heterocycles. The summed E-state index contributed by atoms with van der Waals surface area (Å²) in [5.74, 6) is 1.86. The van der Waals surface area contributed by atoms with Crippen LogP contribution >= 0.6 is 11.3 Å². The molecule has 1 N–H and O–H groups in total. The van der Waals surface area contributed by atoms with Gasteiger partial charge in [-0.15, -0.1) is 11.3 Å². The molecule has 0 saturated carbocycles. The Morgan fingerprint density at radius 1 is 0.969 bits per heavy atom. The van der Waals surface area contributed by atoms with Crippen molar-refractivity contribution < 1.29 is 14.2 Å². The van der Waals surface area contributed by atoms with Gasteiger partial charge in [-0.1, -0.05) is 0 Å². The number of ether oxygens (including phenoxy) is 3. The van der Waals surface area contributed by atoms with Crippen molar-refractivity contribution in [3.63, 3.8) is 0 Å². The molecule has 3 aromatic rings. The highest BCUT2D eigenvalue weighted by atomic mass is 32.1. The number of anilines is 1. The van der Waals surface area contributed by atoms with Gasteiger partial charge in [-0.2, -0.15) is 0 Å². The van der Waals surface area contributed by atoms with Gasteiger partial charge in [0.15, 0.2) is 11.5 Å². The number of hydrogen-bond acceptors (Lipinski definition) is 7. The normalized spacial score (nSPS) is 14.2. The molecule has 6 nitrogen and oxygen atoms in total. The molecule has 32 heavy (non-hydrogen) atoms. The largest absolute Gasteiger partial charge is 0.493 e. The maximum Gasteiger partial charge on any atom is 0.203 e. The van der Waals surface area contributed by atoms with Crippen LogP contribution in [0.25, 0.3) is 11.1 Å². The Hall–Kier alpha value is -2.77. The van der Waals surface area contributed by atoms with Crippen molar-refractivity contribution >= 4 is 16.3 Å². The number of aromatic nitrogens is 1. The number of nitrogens with zero attached hydrogens (tertiary/aromatic N) is 2. The predicted molar refractivity (Wildman–Crippen MR) is 130 cm³/mol. The number of benzene rings is 1. The summed E-state index contributed by atoms with van der Waals surface area (Å²) in [7, 11) is 4.88. The van der Waals surface area contributed by atoms with Crippen molar-refractivity contribution in [1.29, 1.82) is 0 Å². The average Bonchev–Trinajstić information content (AvgIpc) is 3.28. The van der Waals surface area contributed by atoms with E-state index in [0.717, 1.165) is 43.6 Å². The number of methoxy groups -OCH3 is 3. The second kappa shape index (κ2) is 10.2. The maximum absolute atomic E-state index is 5.54. The minimum Gasteiger partial charge on any atom is -0.493 e. The molecular weight excluding hydrogens is 422 g/mol. The molecule has 0 aliphatic carbocycles. The molecule has 0 amide bonds. The van der Waals surface area contributed by atoms with Crippen molar-refractivity contribution in [2.75, 3.05) is 39.3 Å². The summed E-state index contributed by atoms with van der Waals surface area (Å²) < 4.78 is 16.5. The summed E-state index contributed by atoms with van der Waals surface area (Å²) in [6, 6.07) is 8.97. The molecule has 4 rings (SSSR count). The Morgan fingerprint density at radius 3 is 2.28 bits per heavy atom. The van der Waals surface area contributed by atoms with E-state index >= 15 is 0 Å². The Labute approximate surface area is 194 Å². The van der Waals surface area contributed by atoms with Gasteiger partial charge >= 0.3 is 0 Å². The quantitative estimate of drug-likeness (QED) is 0.523. The van der Waals surface area contributed by atoms with Crippen LogP contribution in [-0.2, 0) is 6.54 Å². The van der Waals surface area contributed by atoms with Crippen molar-refractivity contribution in [3.05, 3.63) is 53.2 Å².